The molecule has 1 aliphatic rings. The van der Waals surface area contributed by atoms with E-state index < -0.39 is 0 Å². The lowest BCUT2D eigenvalue weighted by Gasteiger charge is -2.28. The van der Waals surface area contributed by atoms with Crippen molar-refractivity contribution >= 4 is 16.7 Å². The van der Waals surface area contributed by atoms with Crippen molar-refractivity contribution in [3.63, 3.8) is 0 Å². The Balaban J connectivity index is 1.49. The lowest BCUT2D eigenvalue weighted by Crippen LogP contribution is -2.36. The van der Waals surface area contributed by atoms with Crippen LogP contribution in [0.15, 0.2) is 60.9 Å². The lowest BCUT2D eigenvalue weighted by molar-refractivity contribution is 0.122. The fraction of sp³-hybridized carbons (Fsp3) is 0.240. The highest BCUT2D eigenvalue weighted by atomic mass is 16.5. The maximum atomic E-state index is 5.48. The number of nitrogens with one attached hydrogen (secondary N) is 1. The van der Waals surface area contributed by atoms with E-state index in [1.807, 2.05) is 30.6 Å². The molecule has 6 heteroatoms. The van der Waals surface area contributed by atoms with Crippen LogP contribution in [0.1, 0.15) is 0 Å². The number of nitrogens with zero attached hydrogens (tertiary/aromatic N) is 2. The Bertz CT molecular complexity index is 1190. The molecule has 6 nitrogen and oxygen atoms in total. The molecule has 2 aromatic heterocycles. The van der Waals surface area contributed by atoms with Crippen LogP contribution in [-0.4, -0.2) is 50.5 Å². The summed E-state index contributed by atoms with van der Waals surface area (Å²) in [5.74, 6) is 1.42. The number of methoxy groups -OCH3 is 2. The van der Waals surface area contributed by atoms with E-state index >= 15 is 0 Å². The van der Waals surface area contributed by atoms with Crippen molar-refractivity contribution in [2.24, 2.45) is 0 Å². The molecule has 1 aliphatic heterocycles. The van der Waals surface area contributed by atoms with E-state index in [9.17, 15) is 0 Å². The molecule has 0 unspecified atom stereocenters. The van der Waals surface area contributed by atoms with Gasteiger partial charge in [0.15, 0.2) is 11.5 Å². The molecular weight excluding hydrogens is 390 g/mol. The number of benzene rings is 2. The summed E-state index contributed by atoms with van der Waals surface area (Å²) >= 11 is 0. The van der Waals surface area contributed by atoms with E-state index in [0.29, 0.717) is 11.5 Å². The van der Waals surface area contributed by atoms with Gasteiger partial charge in [-0.25, -0.2) is 4.98 Å². The monoisotopic (exact) mass is 415 g/mol. The van der Waals surface area contributed by atoms with Crippen LogP contribution in [0.5, 0.6) is 11.5 Å². The standard InChI is InChI=1S/C25H25N3O3/c1-29-23-8-5-18(14-24(23)30-2)22-16-27-25-21(22)13-19(15-26-25)17-3-6-20(7-4-17)28-9-11-31-12-10-28/h3-8,13-16H,9-12H2,1-2H3,(H,26,27). The van der Waals surface area contributed by atoms with Crippen LogP contribution in [0.4, 0.5) is 5.69 Å². The molecule has 1 fully saturated rings. The molecule has 0 amide bonds. The maximum absolute atomic E-state index is 5.48. The second-order valence-electron chi connectivity index (χ2n) is 7.54. The average Bonchev–Trinajstić information content (AvgIpc) is 3.27. The quantitative estimate of drug-likeness (QED) is 0.510. The number of ether oxygens (including phenoxy) is 3. The minimum absolute atomic E-state index is 0.706. The van der Waals surface area contributed by atoms with E-state index in [2.05, 4.69) is 45.2 Å². The van der Waals surface area contributed by atoms with E-state index in [4.69, 9.17) is 14.2 Å². The van der Waals surface area contributed by atoms with Gasteiger partial charge in [0.1, 0.15) is 5.65 Å². The third-order valence-electron chi connectivity index (χ3n) is 5.80. The van der Waals surface area contributed by atoms with Gasteiger partial charge in [0, 0.05) is 47.7 Å². The van der Waals surface area contributed by atoms with Gasteiger partial charge in [-0.15, -0.1) is 0 Å². The fourth-order valence-electron chi connectivity index (χ4n) is 4.09. The van der Waals surface area contributed by atoms with Crippen molar-refractivity contribution in [3.8, 4) is 33.8 Å². The third kappa shape index (κ3) is 3.70. The summed E-state index contributed by atoms with van der Waals surface area (Å²) in [6.45, 7) is 3.44. The molecule has 31 heavy (non-hydrogen) atoms. The molecule has 5 rings (SSSR count). The molecule has 0 bridgehead atoms. The normalized spacial score (nSPS) is 14.1. The van der Waals surface area contributed by atoms with Gasteiger partial charge in [0.05, 0.1) is 27.4 Å². The first-order valence-electron chi connectivity index (χ1n) is 10.4. The van der Waals surface area contributed by atoms with Gasteiger partial charge in [-0.3, -0.25) is 0 Å². The van der Waals surface area contributed by atoms with Crippen LogP contribution in [0, 0.1) is 0 Å². The second kappa shape index (κ2) is 8.32. The van der Waals surface area contributed by atoms with Crippen molar-refractivity contribution in [1.82, 2.24) is 9.97 Å². The van der Waals surface area contributed by atoms with Crippen LogP contribution in [0.25, 0.3) is 33.3 Å². The minimum atomic E-state index is 0.706. The zero-order chi connectivity index (χ0) is 21.2. The molecule has 4 aromatic rings. The maximum Gasteiger partial charge on any atom is 0.161 e. The molecule has 0 atom stereocenters. The van der Waals surface area contributed by atoms with Gasteiger partial charge in [-0.1, -0.05) is 18.2 Å². The summed E-state index contributed by atoms with van der Waals surface area (Å²) in [6.07, 6.45) is 3.91. The van der Waals surface area contributed by atoms with Gasteiger partial charge in [-0.2, -0.15) is 0 Å². The molecule has 0 aliphatic carbocycles. The SMILES string of the molecule is COc1ccc(-c2c[nH]c3ncc(-c4ccc(N5CCOCC5)cc4)cc23)cc1OC. The highest BCUT2D eigenvalue weighted by Crippen LogP contribution is 2.36. The topological polar surface area (TPSA) is 59.6 Å². The van der Waals surface area contributed by atoms with Crippen LogP contribution >= 0.6 is 0 Å². The lowest BCUT2D eigenvalue weighted by atomic mass is 10.0. The summed E-state index contributed by atoms with van der Waals surface area (Å²) in [4.78, 5) is 10.3. The number of morpholine rings is 1. The molecule has 2 aromatic carbocycles. The Labute approximate surface area is 181 Å². The van der Waals surface area contributed by atoms with Crippen LogP contribution in [0.3, 0.4) is 0 Å². The van der Waals surface area contributed by atoms with Crippen molar-refractivity contribution in [2.75, 3.05) is 45.4 Å². The Morgan fingerprint density at radius 2 is 1.61 bits per heavy atom. The fourth-order valence-corrected chi connectivity index (χ4v) is 4.09. The molecule has 0 saturated carbocycles. The zero-order valence-corrected chi connectivity index (χ0v) is 17.7. The summed E-state index contributed by atoms with van der Waals surface area (Å²) in [5, 5.41) is 1.07. The van der Waals surface area contributed by atoms with Crippen LogP contribution in [0.2, 0.25) is 0 Å². The molecule has 1 saturated heterocycles. The average molecular weight is 415 g/mol. The van der Waals surface area contributed by atoms with Gasteiger partial charge >= 0.3 is 0 Å². The molecule has 0 radical (unpaired) electrons. The number of hydrogen-bond acceptors (Lipinski definition) is 5. The summed E-state index contributed by atoms with van der Waals surface area (Å²) < 4.78 is 16.3. The Kier molecular flexibility index (Phi) is 5.22. The van der Waals surface area contributed by atoms with Gasteiger partial charge < -0.3 is 24.1 Å². The third-order valence-corrected chi connectivity index (χ3v) is 5.80. The number of anilines is 1. The van der Waals surface area contributed by atoms with Gasteiger partial charge in [0.2, 0.25) is 0 Å². The molecule has 158 valence electrons. The number of rotatable bonds is 5. The second-order valence-corrected chi connectivity index (χ2v) is 7.54. The van der Waals surface area contributed by atoms with Gasteiger partial charge in [-0.05, 0) is 41.5 Å². The van der Waals surface area contributed by atoms with Crippen molar-refractivity contribution in [2.45, 2.75) is 0 Å². The number of aromatic amines is 1. The van der Waals surface area contributed by atoms with Crippen molar-refractivity contribution in [3.05, 3.63) is 60.9 Å². The summed E-state index contributed by atoms with van der Waals surface area (Å²) in [5.41, 5.74) is 6.45. The first kappa shape index (κ1) is 19.5. The number of pyridine rings is 1. The number of aromatic nitrogens is 2. The van der Waals surface area contributed by atoms with E-state index in [1.165, 1.54) is 5.69 Å². The first-order chi connectivity index (χ1) is 15.3. The molecule has 3 heterocycles. The zero-order valence-electron chi connectivity index (χ0n) is 17.7. The highest BCUT2D eigenvalue weighted by molar-refractivity contribution is 5.96. The number of H-pyrrole nitrogens is 1. The van der Waals surface area contributed by atoms with Crippen molar-refractivity contribution < 1.29 is 14.2 Å². The summed E-state index contributed by atoms with van der Waals surface area (Å²) in [7, 11) is 3.29. The first-order valence-corrected chi connectivity index (χ1v) is 10.4. The summed E-state index contributed by atoms with van der Waals surface area (Å²) in [6, 6.07) is 16.8. The predicted molar refractivity (Wildman–Crippen MR) is 123 cm³/mol. The largest absolute Gasteiger partial charge is 0.493 e. The predicted octanol–water partition coefficient (Wildman–Crippen LogP) is 4.75. The Morgan fingerprint density at radius 3 is 2.35 bits per heavy atom. The number of fused-ring (bicyclic) bond motifs is 1. The van der Waals surface area contributed by atoms with E-state index in [0.717, 1.165) is 59.6 Å². The van der Waals surface area contributed by atoms with Crippen molar-refractivity contribution in [1.29, 1.82) is 0 Å². The van der Waals surface area contributed by atoms with E-state index in [1.54, 1.807) is 14.2 Å². The van der Waals surface area contributed by atoms with Gasteiger partial charge in [0.25, 0.3) is 0 Å². The molecule has 0 spiro atoms. The smallest absolute Gasteiger partial charge is 0.161 e. The van der Waals surface area contributed by atoms with E-state index in [-0.39, 0.29) is 0 Å². The molecule has 1 N–H and O–H groups in total. The molecular formula is C25H25N3O3. The highest BCUT2D eigenvalue weighted by Gasteiger charge is 2.13. The van der Waals surface area contributed by atoms with Crippen LogP contribution in [-0.2, 0) is 4.74 Å². The Morgan fingerprint density at radius 1 is 0.871 bits per heavy atom. The minimum Gasteiger partial charge on any atom is -0.493 e. The number of hydrogen-bond donors (Lipinski definition) is 1. The van der Waals surface area contributed by atoms with Crippen LogP contribution < -0.4 is 14.4 Å². The Hall–Kier alpha value is -3.51.